The number of aromatic nitrogens is 1. The predicted octanol–water partition coefficient (Wildman–Crippen LogP) is 0.289. The average Bonchev–Trinajstić information content (AvgIpc) is 2.54. The molecule has 24 heavy (non-hydrogen) atoms. The number of carbonyl (C=O) groups is 2. The van der Waals surface area contributed by atoms with Gasteiger partial charge in [-0.25, -0.2) is 28.8 Å². The van der Waals surface area contributed by atoms with E-state index in [0.29, 0.717) is 5.56 Å². The number of nitrogens with one attached hydrogen (secondary N) is 1. The molecule has 4 N–H and O–H groups in total. The number of pyridine rings is 1. The Morgan fingerprint density at radius 1 is 1.12 bits per heavy atom. The van der Waals surface area contributed by atoms with Gasteiger partial charge in [0.25, 0.3) is 5.91 Å². The third kappa shape index (κ3) is 4.59. The molecule has 1 aromatic carbocycles. The van der Waals surface area contributed by atoms with Crippen molar-refractivity contribution >= 4 is 21.9 Å². The van der Waals surface area contributed by atoms with Crippen LogP contribution in [-0.2, 0) is 21.5 Å². The minimum Gasteiger partial charge on any atom is -0.477 e. The number of sulfonamides is 1. The molecule has 1 heterocycles. The number of rotatable bonds is 6. The van der Waals surface area contributed by atoms with Crippen LogP contribution in [0.15, 0.2) is 47.4 Å². The second-order valence-electron chi connectivity index (χ2n) is 4.62. The Labute approximate surface area is 137 Å². The molecule has 0 spiro atoms. The van der Waals surface area contributed by atoms with Crippen LogP contribution in [0.25, 0.3) is 0 Å². The van der Waals surface area contributed by atoms with Crippen LogP contribution in [0.5, 0.6) is 0 Å². The number of nitrogens with two attached hydrogens (primary N) is 1. The van der Waals surface area contributed by atoms with Crippen LogP contribution in [0.4, 0.5) is 0 Å². The average molecular weight is 351 g/mol. The zero-order valence-electron chi connectivity index (χ0n) is 12.2. The smallest absolute Gasteiger partial charge is 0.354 e. The number of carboxylic acids is 1. The van der Waals surface area contributed by atoms with E-state index in [1.165, 1.54) is 42.5 Å². The summed E-state index contributed by atoms with van der Waals surface area (Å²) in [5, 5.41) is 13.8. The van der Waals surface area contributed by atoms with Gasteiger partial charge in [-0.05, 0) is 29.8 Å². The Bertz CT molecular complexity index is 864. The minimum absolute atomic E-state index is 0.0325. The highest BCUT2D eigenvalue weighted by Crippen LogP contribution is 2.09. The molecule has 1 aromatic heterocycles. The van der Waals surface area contributed by atoms with Gasteiger partial charge in [0.1, 0.15) is 11.4 Å². The first-order chi connectivity index (χ1) is 11.3. The van der Waals surface area contributed by atoms with E-state index in [9.17, 15) is 18.0 Å². The van der Waals surface area contributed by atoms with Crippen molar-refractivity contribution in [2.75, 3.05) is 0 Å². The van der Waals surface area contributed by atoms with E-state index >= 15 is 0 Å². The summed E-state index contributed by atoms with van der Waals surface area (Å²) >= 11 is 0. The van der Waals surface area contributed by atoms with Crippen LogP contribution in [0, 0.1) is 0 Å². The minimum atomic E-state index is -3.77. The van der Waals surface area contributed by atoms with Gasteiger partial charge in [-0.1, -0.05) is 18.2 Å². The van der Waals surface area contributed by atoms with Crippen molar-refractivity contribution in [3.8, 4) is 0 Å². The molecule has 0 radical (unpaired) electrons. The molecule has 0 unspecified atom stereocenters. The standard InChI is InChI=1S/C14H13N3O6S/c15-24(21,22)10-6-4-9(5-7-10)8-23-17-13(18)11-2-1-3-12(16-11)14(19)20/h1-7H,8H2,(H,17,18)(H,19,20)(H2,15,21,22). The number of nitrogens with zero attached hydrogens (tertiary/aromatic N) is 1. The lowest BCUT2D eigenvalue weighted by Crippen LogP contribution is -2.25. The zero-order valence-corrected chi connectivity index (χ0v) is 13.0. The van der Waals surface area contributed by atoms with Crippen molar-refractivity contribution in [3.63, 3.8) is 0 Å². The second kappa shape index (κ2) is 7.17. The molecule has 0 aliphatic carbocycles. The molecule has 0 saturated heterocycles. The second-order valence-corrected chi connectivity index (χ2v) is 6.18. The summed E-state index contributed by atoms with van der Waals surface area (Å²) in [4.78, 5) is 31.2. The van der Waals surface area contributed by atoms with Crippen LogP contribution < -0.4 is 10.6 Å². The first-order valence-electron chi connectivity index (χ1n) is 6.51. The van der Waals surface area contributed by atoms with Crippen molar-refractivity contribution < 1.29 is 28.0 Å². The fourth-order valence-electron chi connectivity index (χ4n) is 1.69. The molecule has 0 fully saturated rings. The number of hydroxylamine groups is 1. The summed E-state index contributed by atoms with van der Waals surface area (Å²) < 4.78 is 22.2. The number of hydrogen-bond donors (Lipinski definition) is 3. The topological polar surface area (TPSA) is 149 Å². The van der Waals surface area contributed by atoms with Gasteiger partial charge in [0.2, 0.25) is 10.0 Å². The molecular weight excluding hydrogens is 338 g/mol. The van der Waals surface area contributed by atoms with E-state index in [-0.39, 0.29) is 22.9 Å². The van der Waals surface area contributed by atoms with Gasteiger partial charge >= 0.3 is 5.97 Å². The maximum absolute atomic E-state index is 11.8. The van der Waals surface area contributed by atoms with E-state index in [0.717, 1.165) is 0 Å². The molecule has 0 saturated carbocycles. The Morgan fingerprint density at radius 2 is 1.75 bits per heavy atom. The molecular formula is C14H13N3O6S. The van der Waals surface area contributed by atoms with Crippen molar-refractivity contribution in [1.82, 2.24) is 10.5 Å². The SMILES string of the molecule is NS(=O)(=O)c1ccc(CONC(=O)c2cccc(C(=O)O)n2)cc1. The number of benzene rings is 1. The first kappa shape index (κ1) is 17.5. The molecule has 9 nitrogen and oxygen atoms in total. The van der Waals surface area contributed by atoms with Crippen molar-refractivity contribution in [2.45, 2.75) is 11.5 Å². The largest absolute Gasteiger partial charge is 0.477 e. The van der Waals surface area contributed by atoms with Gasteiger partial charge in [-0.3, -0.25) is 9.63 Å². The summed E-state index contributed by atoms with van der Waals surface area (Å²) in [7, 11) is -3.77. The lowest BCUT2D eigenvalue weighted by molar-refractivity contribution is 0.0229. The van der Waals surface area contributed by atoms with E-state index < -0.39 is 21.9 Å². The third-order valence-electron chi connectivity index (χ3n) is 2.86. The summed E-state index contributed by atoms with van der Waals surface area (Å²) in [5.41, 5.74) is 2.34. The van der Waals surface area contributed by atoms with E-state index in [1.807, 2.05) is 0 Å². The lowest BCUT2D eigenvalue weighted by Gasteiger charge is -2.06. The maximum atomic E-state index is 11.8. The fraction of sp³-hybridized carbons (Fsp3) is 0.0714. The number of carbonyl (C=O) groups excluding carboxylic acids is 1. The Morgan fingerprint density at radius 3 is 2.33 bits per heavy atom. The maximum Gasteiger partial charge on any atom is 0.354 e. The predicted molar refractivity (Wildman–Crippen MR) is 81.3 cm³/mol. The van der Waals surface area contributed by atoms with E-state index in [4.69, 9.17) is 15.1 Å². The number of primary sulfonamides is 1. The van der Waals surface area contributed by atoms with Crippen LogP contribution >= 0.6 is 0 Å². The van der Waals surface area contributed by atoms with Gasteiger partial charge in [0, 0.05) is 0 Å². The zero-order chi connectivity index (χ0) is 17.7. The van der Waals surface area contributed by atoms with E-state index in [2.05, 4.69) is 10.5 Å². The molecule has 0 bridgehead atoms. The first-order valence-corrected chi connectivity index (χ1v) is 8.06. The Hall–Kier alpha value is -2.82. The lowest BCUT2D eigenvalue weighted by atomic mass is 10.2. The molecule has 0 atom stereocenters. The number of amides is 1. The van der Waals surface area contributed by atoms with Crippen molar-refractivity contribution in [2.24, 2.45) is 5.14 Å². The normalized spacial score (nSPS) is 11.0. The van der Waals surface area contributed by atoms with Crippen molar-refractivity contribution in [1.29, 1.82) is 0 Å². The molecule has 2 rings (SSSR count). The highest BCUT2D eigenvalue weighted by atomic mass is 32.2. The quantitative estimate of drug-likeness (QED) is 0.633. The summed E-state index contributed by atoms with van der Waals surface area (Å²) in [6, 6.07) is 9.57. The van der Waals surface area contributed by atoms with Crippen molar-refractivity contribution in [3.05, 3.63) is 59.4 Å². The monoisotopic (exact) mass is 351 g/mol. The van der Waals surface area contributed by atoms with E-state index in [1.54, 1.807) is 0 Å². The molecule has 0 aliphatic heterocycles. The van der Waals surface area contributed by atoms with Gasteiger partial charge in [-0.15, -0.1) is 0 Å². The Balaban J connectivity index is 1.93. The molecule has 2 aromatic rings. The molecule has 0 aliphatic rings. The molecule has 10 heteroatoms. The number of aromatic carboxylic acids is 1. The molecule has 126 valence electrons. The van der Waals surface area contributed by atoms with Crippen LogP contribution in [0.2, 0.25) is 0 Å². The van der Waals surface area contributed by atoms with Gasteiger partial charge < -0.3 is 5.11 Å². The highest BCUT2D eigenvalue weighted by Gasteiger charge is 2.11. The number of hydrogen-bond acceptors (Lipinski definition) is 6. The Kier molecular flexibility index (Phi) is 5.24. The summed E-state index contributed by atoms with van der Waals surface area (Å²) in [5.74, 6) is -1.96. The molecule has 1 amide bonds. The highest BCUT2D eigenvalue weighted by molar-refractivity contribution is 7.89. The summed E-state index contributed by atoms with van der Waals surface area (Å²) in [6.45, 7) is -0.0325. The van der Waals surface area contributed by atoms with Gasteiger partial charge in [0.05, 0.1) is 11.5 Å². The fourth-order valence-corrected chi connectivity index (χ4v) is 2.21. The van der Waals surface area contributed by atoms with Crippen LogP contribution in [-0.4, -0.2) is 30.4 Å². The number of carboxylic acid groups (broad SMARTS) is 1. The summed E-state index contributed by atoms with van der Waals surface area (Å²) in [6.07, 6.45) is 0. The van der Waals surface area contributed by atoms with Crippen LogP contribution in [0.3, 0.4) is 0 Å². The van der Waals surface area contributed by atoms with Gasteiger partial charge in [0.15, 0.2) is 0 Å². The van der Waals surface area contributed by atoms with Gasteiger partial charge in [-0.2, -0.15) is 0 Å². The third-order valence-corrected chi connectivity index (χ3v) is 3.79. The van der Waals surface area contributed by atoms with Crippen LogP contribution in [0.1, 0.15) is 26.5 Å².